The molecule has 2 aromatic carbocycles. The third-order valence-electron chi connectivity index (χ3n) is 5.38. The van der Waals surface area contributed by atoms with Crippen LogP contribution in [0.1, 0.15) is 60.5 Å². The number of amides is 1. The number of rotatable bonds is 8. The van der Waals surface area contributed by atoms with Crippen molar-refractivity contribution in [1.82, 2.24) is 5.32 Å². The van der Waals surface area contributed by atoms with Crippen LogP contribution < -0.4 is 10.2 Å². The van der Waals surface area contributed by atoms with E-state index in [1.54, 1.807) is 4.90 Å². The Morgan fingerprint density at radius 3 is 2.23 bits per heavy atom. The van der Waals surface area contributed by atoms with Crippen LogP contribution in [0.4, 0.5) is 0 Å². The first-order chi connectivity index (χ1) is 12.8. The van der Waals surface area contributed by atoms with Crippen molar-refractivity contribution in [3.63, 3.8) is 0 Å². The van der Waals surface area contributed by atoms with E-state index < -0.39 is 0 Å². The zero-order valence-electron chi connectivity index (χ0n) is 15.6. The molecule has 3 rings (SSSR count). The Bertz CT molecular complexity index is 650. The molecule has 1 aliphatic heterocycles. The molecule has 138 valence electrons. The number of carbonyl (C=O) groups is 1. The smallest absolute Gasteiger partial charge is 0.251 e. The van der Waals surface area contributed by atoms with E-state index >= 15 is 0 Å². The molecule has 0 saturated carbocycles. The van der Waals surface area contributed by atoms with Crippen molar-refractivity contribution in [3.05, 3.63) is 71.8 Å². The van der Waals surface area contributed by atoms with E-state index in [9.17, 15) is 4.79 Å². The highest BCUT2D eigenvalue weighted by atomic mass is 16.1. The maximum absolute atomic E-state index is 12.6. The quantitative estimate of drug-likeness (QED) is 0.702. The minimum atomic E-state index is 0.0149. The zero-order valence-corrected chi connectivity index (χ0v) is 15.6. The summed E-state index contributed by atoms with van der Waals surface area (Å²) in [6.45, 7) is 3.95. The molecular weight excluding hydrogens is 320 g/mol. The largest absolute Gasteiger partial charge is 0.345 e. The predicted molar refractivity (Wildman–Crippen MR) is 106 cm³/mol. The number of hydrogen-bond acceptors (Lipinski definition) is 1. The molecule has 3 nitrogen and oxygen atoms in total. The SMILES string of the molecule is O=C(N[C@H](CCCC[NH+]1CCCCC1)c1ccccc1)c1ccccc1. The third kappa shape index (κ3) is 5.70. The molecule has 0 spiro atoms. The van der Waals surface area contributed by atoms with Crippen molar-refractivity contribution in [1.29, 1.82) is 0 Å². The maximum atomic E-state index is 12.6. The number of piperidine rings is 1. The minimum absolute atomic E-state index is 0.0149. The van der Waals surface area contributed by atoms with Crippen LogP contribution in [-0.4, -0.2) is 25.5 Å². The Kier molecular flexibility index (Phi) is 7.26. The molecule has 0 radical (unpaired) electrons. The fourth-order valence-corrected chi connectivity index (χ4v) is 3.86. The summed E-state index contributed by atoms with van der Waals surface area (Å²) in [5, 5.41) is 3.24. The molecule has 0 unspecified atom stereocenters. The average molecular weight is 352 g/mol. The molecule has 1 amide bonds. The Morgan fingerprint density at radius 2 is 1.54 bits per heavy atom. The van der Waals surface area contributed by atoms with Gasteiger partial charge in [0.2, 0.25) is 0 Å². The number of quaternary nitrogens is 1. The van der Waals surface area contributed by atoms with E-state index in [-0.39, 0.29) is 11.9 Å². The summed E-state index contributed by atoms with van der Waals surface area (Å²) in [5.74, 6) is 0.0149. The van der Waals surface area contributed by atoms with Crippen molar-refractivity contribution in [2.45, 2.75) is 44.6 Å². The molecule has 0 aromatic heterocycles. The van der Waals surface area contributed by atoms with Gasteiger partial charge in [0, 0.05) is 5.56 Å². The van der Waals surface area contributed by atoms with Gasteiger partial charge in [0.05, 0.1) is 25.7 Å². The highest BCUT2D eigenvalue weighted by Crippen LogP contribution is 2.20. The number of likely N-dealkylation sites (tertiary alicyclic amines) is 1. The lowest BCUT2D eigenvalue weighted by molar-refractivity contribution is -0.905. The molecular formula is C23H31N2O+. The van der Waals surface area contributed by atoms with Crippen molar-refractivity contribution < 1.29 is 9.69 Å². The van der Waals surface area contributed by atoms with Crippen molar-refractivity contribution in [3.8, 4) is 0 Å². The Balaban J connectivity index is 1.54. The second-order valence-corrected chi connectivity index (χ2v) is 7.36. The summed E-state index contributed by atoms with van der Waals surface area (Å²) >= 11 is 0. The molecule has 0 aliphatic carbocycles. The van der Waals surface area contributed by atoms with Crippen LogP contribution in [0.2, 0.25) is 0 Å². The van der Waals surface area contributed by atoms with Gasteiger partial charge in [-0.3, -0.25) is 4.79 Å². The first kappa shape index (κ1) is 18.7. The lowest BCUT2D eigenvalue weighted by Crippen LogP contribution is -3.12. The number of carbonyl (C=O) groups excluding carboxylic acids is 1. The number of unbranched alkanes of at least 4 members (excludes halogenated alkanes) is 1. The van der Waals surface area contributed by atoms with E-state index in [0.717, 1.165) is 18.4 Å². The van der Waals surface area contributed by atoms with Gasteiger partial charge in [-0.1, -0.05) is 48.5 Å². The average Bonchev–Trinajstić information content (AvgIpc) is 2.72. The predicted octanol–water partition coefficient (Wildman–Crippen LogP) is 3.40. The highest BCUT2D eigenvalue weighted by Gasteiger charge is 2.17. The Labute approximate surface area is 157 Å². The van der Waals surface area contributed by atoms with Gasteiger partial charge in [0.1, 0.15) is 0 Å². The molecule has 2 aromatic rings. The van der Waals surface area contributed by atoms with Crippen molar-refractivity contribution in [2.24, 2.45) is 0 Å². The fraction of sp³-hybridized carbons (Fsp3) is 0.435. The standard InChI is InChI=1S/C23H30N2O/c26-23(21-14-6-2-7-15-21)24-22(20-12-4-1-5-13-20)16-8-11-19-25-17-9-3-10-18-25/h1-2,4-7,12-15,22H,3,8-11,16-19H2,(H,24,26)/p+1/t22-/m1/s1. The van der Waals surface area contributed by atoms with Crippen LogP contribution in [0.25, 0.3) is 0 Å². The molecule has 1 heterocycles. The van der Waals surface area contributed by atoms with Crippen LogP contribution in [0.3, 0.4) is 0 Å². The molecule has 1 saturated heterocycles. The minimum Gasteiger partial charge on any atom is -0.345 e. The highest BCUT2D eigenvalue weighted by molar-refractivity contribution is 5.94. The number of benzene rings is 2. The Morgan fingerprint density at radius 1 is 0.885 bits per heavy atom. The van der Waals surface area contributed by atoms with E-state index in [2.05, 4.69) is 29.6 Å². The molecule has 26 heavy (non-hydrogen) atoms. The Hall–Kier alpha value is -2.13. The second kappa shape index (κ2) is 10.1. The van der Waals surface area contributed by atoms with Gasteiger partial charge in [-0.05, 0) is 56.2 Å². The van der Waals surface area contributed by atoms with Crippen LogP contribution in [0, 0.1) is 0 Å². The second-order valence-electron chi connectivity index (χ2n) is 7.36. The topological polar surface area (TPSA) is 33.5 Å². The molecule has 1 atom stereocenters. The van der Waals surface area contributed by atoms with Crippen LogP contribution in [-0.2, 0) is 0 Å². The van der Waals surface area contributed by atoms with Crippen LogP contribution in [0.15, 0.2) is 60.7 Å². The van der Waals surface area contributed by atoms with E-state index in [1.165, 1.54) is 50.9 Å². The third-order valence-corrected chi connectivity index (χ3v) is 5.38. The number of nitrogens with one attached hydrogen (secondary N) is 2. The summed E-state index contributed by atoms with van der Waals surface area (Å²) in [6, 6.07) is 19.9. The van der Waals surface area contributed by atoms with Crippen LogP contribution >= 0.6 is 0 Å². The molecule has 1 aliphatic rings. The van der Waals surface area contributed by atoms with Crippen LogP contribution in [0.5, 0.6) is 0 Å². The van der Waals surface area contributed by atoms with Gasteiger partial charge in [-0.2, -0.15) is 0 Å². The summed E-state index contributed by atoms with van der Waals surface area (Å²) in [6.07, 6.45) is 7.56. The van der Waals surface area contributed by atoms with Gasteiger partial charge in [0.25, 0.3) is 5.91 Å². The van der Waals surface area contributed by atoms with Gasteiger partial charge in [-0.25, -0.2) is 0 Å². The monoisotopic (exact) mass is 351 g/mol. The van der Waals surface area contributed by atoms with E-state index in [1.807, 2.05) is 36.4 Å². The molecule has 2 N–H and O–H groups in total. The maximum Gasteiger partial charge on any atom is 0.251 e. The molecule has 1 fully saturated rings. The summed E-state index contributed by atoms with van der Waals surface area (Å²) in [4.78, 5) is 14.4. The first-order valence-electron chi connectivity index (χ1n) is 10.1. The fourth-order valence-electron chi connectivity index (χ4n) is 3.86. The van der Waals surface area contributed by atoms with E-state index in [4.69, 9.17) is 0 Å². The normalized spacial score (nSPS) is 16.2. The van der Waals surface area contributed by atoms with Gasteiger partial charge in [-0.15, -0.1) is 0 Å². The summed E-state index contributed by atoms with van der Waals surface area (Å²) < 4.78 is 0. The zero-order chi connectivity index (χ0) is 18.0. The lowest BCUT2D eigenvalue weighted by atomic mass is 10.00. The molecule has 3 heteroatoms. The summed E-state index contributed by atoms with van der Waals surface area (Å²) in [7, 11) is 0. The van der Waals surface area contributed by atoms with Gasteiger partial charge < -0.3 is 10.2 Å². The van der Waals surface area contributed by atoms with Crippen molar-refractivity contribution >= 4 is 5.91 Å². The number of hydrogen-bond donors (Lipinski definition) is 2. The van der Waals surface area contributed by atoms with Crippen molar-refractivity contribution in [2.75, 3.05) is 19.6 Å². The van der Waals surface area contributed by atoms with Gasteiger partial charge >= 0.3 is 0 Å². The first-order valence-corrected chi connectivity index (χ1v) is 10.1. The van der Waals surface area contributed by atoms with Gasteiger partial charge in [0.15, 0.2) is 0 Å². The summed E-state index contributed by atoms with van der Waals surface area (Å²) in [5.41, 5.74) is 1.92. The lowest BCUT2D eigenvalue weighted by Gasteiger charge is -2.24. The van der Waals surface area contributed by atoms with E-state index in [0.29, 0.717) is 0 Å². The molecule has 0 bridgehead atoms.